The van der Waals surface area contributed by atoms with Gasteiger partial charge in [-0.25, -0.2) is 9.80 Å². The molecule has 2 aromatic carbocycles. The Balaban J connectivity index is 1.76. The number of imide groups is 2. The normalized spacial score (nSPS) is 15.4. The Morgan fingerprint density at radius 1 is 0.577 bits per heavy atom. The number of benzene rings is 2. The van der Waals surface area contributed by atoms with Crippen molar-refractivity contribution in [1.29, 1.82) is 0 Å². The number of nitrogens with zero attached hydrogens (tertiary/aromatic N) is 2. The van der Waals surface area contributed by atoms with Gasteiger partial charge in [0, 0.05) is 0 Å². The molecule has 0 N–H and O–H groups in total. The van der Waals surface area contributed by atoms with E-state index in [-0.39, 0.29) is 22.5 Å². The average Bonchev–Trinajstić information content (AvgIpc) is 3.06. The highest BCUT2D eigenvalue weighted by Gasteiger charge is 2.47. The number of amides is 4. The van der Waals surface area contributed by atoms with Crippen molar-refractivity contribution < 1.29 is 28.8 Å². The second-order valence-electron chi connectivity index (χ2n) is 5.58. The molecule has 4 rings (SSSR count). The SMILES string of the molecule is O=C1C(=O)N(C(=O)C(=O)N2C(=O)C(=O)c3ccccc32)c2ccccc21. The third-order valence-electron chi connectivity index (χ3n) is 4.16. The Bertz CT molecular complexity index is 985. The molecule has 2 heterocycles. The molecule has 0 atom stereocenters. The Labute approximate surface area is 145 Å². The number of fused-ring (bicyclic) bond motifs is 2. The van der Waals surface area contributed by atoms with Crippen LogP contribution in [0.4, 0.5) is 11.4 Å². The lowest BCUT2D eigenvalue weighted by atomic mass is 10.1. The number of hydrogen-bond donors (Lipinski definition) is 0. The predicted molar refractivity (Wildman–Crippen MR) is 86.5 cm³/mol. The lowest BCUT2D eigenvalue weighted by Gasteiger charge is -2.18. The molecule has 0 unspecified atom stereocenters. The van der Waals surface area contributed by atoms with Crippen molar-refractivity contribution in [1.82, 2.24) is 0 Å². The van der Waals surface area contributed by atoms with Crippen molar-refractivity contribution in [3.63, 3.8) is 0 Å². The molecule has 0 fully saturated rings. The van der Waals surface area contributed by atoms with Crippen LogP contribution in [0.5, 0.6) is 0 Å². The number of para-hydroxylation sites is 2. The van der Waals surface area contributed by atoms with Gasteiger partial charge >= 0.3 is 23.6 Å². The molecule has 126 valence electrons. The van der Waals surface area contributed by atoms with Crippen LogP contribution in [0, 0.1) is 0 Å². The van der Waals surface area contributed by atoms with Gasteiger partial charge in [-0.05, 0) is 24.3 Å². The fourth-order valence-electron chi connectivity index (χ4n) is 2.97. The van der Waals surface area contributed by atoms with Crippen LogP contribution in [0.3, 0.4) is 0 Å². The first-order valence-corrected chi connectivity index (χ1v) is 7.47. The largest absolute Gasteiger partial charge is 0.324 e. The highest BCUT2D eigenvalue weighted by molar-refractivity contribution is 6.67. The van der Waals surface area contributed by atoms with Gasteiger partial charge < -0.3 is 0 Å². The zero-order valence-electron chi connectivity index (χ0n) is 13.0. The maximum Gasteiger partial charge on any atom is 0.324 e. The van der Waals surface area contributed by atoms with E-state index < -0.39 is 35.2 Å². The smallest absolute Gasteiger partial charge is 0.283 e. The van der Waals surface area contributed by atoms with Crippen LogP contribution in [0.25, 0.3) is 0 Å². The third kappa shape index (κ3) is 1.89. The van der Waals surface area contributed by atoms with Crippen LogP contribution in [-0.2, 0) is 19.2 Å². The Hall–Kier alpha value is -3.94. The topological polar surface area (TPSA) is 109 Å². The second kappa shape index (κ2) is 5.28. The van der Waals surface area contributed by atoms with E-state index in [9.17, 15) is 28.8 Å². The molecule has 0 aromatic heterocycles. The minimum atomic E-state index is -1.38. The Kier molecular flexibility index (Phi) is 3.16. The summed E-state index contributed by atoms with van der Waals surface area (Å²) < 4.78 is 0. The van der Waals surface area contributed by atoms with E-state index in [0.717, 1.165) is 0 Å². The summed E-state index contributed by atoms with van der Waals surface area (Å²) >= 11 is 0. The molecular formula is C18H8N2O6. The van der Waals surface area contributed by atoms with Gasteiger partial charge in [-0.15, -0.1) is 0 Å². The molecule has 2 aromatic rings. The number of ketones is 2. The second-order valence-corrected chi connectivity index (χ2v) is 5.58. The van der Waals surface area contributed by atoms with Crippen LogP contribution < -0.4 is 9.80 Å². The van der Waals surface area contributed by atoms with E-state index in [2.05, 4.69) is 0 Å². The first-order valence-electron chi connectivity index (χ1n) is 7.47. The number of hydrogen-bond acceptors (Lipinski definition) is 6. The maximum atomic E-state index is 12.6. The van der Waals surface area contributed by atoms with Gasteiger partial charge in [0.05, 0.1) is 22.5 Å². The fraction of sp³-hybridized carbons (Fsp3) is 0. The maximum absolute atomic E-state index is 12.6. The summed E-state index contributed by atoms with van der Waals surface area (Å²) in [7, 11) is 0. The van der Waals surface area contributed by atoms with Crippen molar-refractivity contribution in [3.05, 3.63) is 59.7 Å². The molecule has 0 saturated heterocycles. The lowest BCUT2D eigenvalue weighted by molar-refractivity contribution is -0.139. The molecule has 8 heteroatoms. The van der Waals surface area contributed by atoms with Gasteiger partial charge in [0.15, 0.2) is 0 Å². The van der Waals surface area contributed by atoms with E-state index in [1.54, 1.807) is 0 Å². The summed E-state index contributed by atoms with van der Waals surface area (Å²) in [5.74, 6) is -6.99. The van der Waals surface area contributed by atoms with Gasteiger partial charge in [-0.2, -0.15) is 0 Å². The summed E-state index contributed by atoms with van der Waals surface area (Å²) in [5, 5.41) is 0. The average molecular weight is 348 g/mol. The van der Waals surface area contributed by atoms with Crippen molar-refractivity contribution in [2.45, 2.75) is 0 Å². The zero-order valence-corrected chi connectivity index (χ0v) is 13.0. The molecule has 8 nitrogen and oxygen atoms in total. The van der Waals surface area contributed by atoms with Crippen molar-refractivity contribution in [3.8, 4) is 0 Å². The molecule has 26 heavy (non-hydrogen) atoms. The summed E-state index contributed by atoms with van der Waals surface area (Å²) in [4.78, 5) is 74.3. The van der Waals surface area contributed by atoms with Gasteiger partial charge in [0.1, 0.15) is 0 Å². The number of anilines is 2. The minimum absolute atomic E-state index is 0.0112. The Morgan fingerprint density at radius 3 is 1.31 bits per heavy atom. The minimum Gasteiger partial charge on any atom is -0.283 e. The predicted octanol–water partition coefficient (Wildman–Crippen LogP) is 0.499. The van der Waals surface area contributed by atoms with E-state index in [1.807, 2.05) is 0 Å². The molecule has 0 saturated carbocycles. The van der Waals surface area contributed by atoms with Crippen LogP contribution >= 0.6 is 0 Å². The Morgan fingerprint density at radius 2 is 0.923 bits per heavy atom. The van der Waals surface area contributed by atoms with Crippen molar-refractivity contribution in [2.75, 3.05) is 9.80 Å². The molecule has 0 spiro atoms. The summed E-state index contributed by atoms with van der Waals surface area (Å²) in [6.45, 7) is 0. The molecule has 0 radical (unpaired) electrons. The lowest BCUT2D eigenvalue weighted by Crippen LogP contribution is -2.49. The standard InChI is InChI=1S/C18H8N2O6/c21-13-9-5-1-3-7-11(9)19(15(13)23)17(25)18(26)20-12-8-4-2-6-10(12)14(22)16(20)24/h1-8H. The highest BCUT2D eigenvalue weighted by Crippen LogP contribution is 2.32. The fourth-order valence-corrected chi connectivity index (χ4v) is 2.97. The van der Waals surface area contributed by atoms with Gasteiger partial charge in [0.25, 0.3) is 11.6 Å². The summed E-state index contributed by atoms with van der Waals surface area (Å²) in [6.07, 6.45) is 0. The first kappa shape index (κ1) is 15.6. The van der Waals surface area contributed by atoms with E-state index in [0.29, 0.717) is 9.80 Å². The first-order chi connectivity index (χ1) is 12.4. The molecule has 2 aliphatic rings. The number of Topliss-reactive ketones (excluding diaryl/α,β-unsaturated/α-hetero) is 2. The third-order valence-corrected chi connectivity index (χ3v) is 4.16. The van der Waals surface area contributed by atoms with E-state index >= 15 is 0 Å². The van der Waals surface area contributed by atoms with Crippen LogP contribution in [0.2, 0.25) is 0 Å². The number of carbonyl (C=O) groups excluding carboxylic acids is 6. The van der Waals surface area contributed by atoms with Crippen molar-refractivity contribution >= 4 is 46.6 Å². The number of rotatable bonds is 0. The van der Waals surface area contributed by atoms with Crippen LogP contribution in [0.15, 0.2) is 48.5 Å². The van der Waals surface area contributed by atoms with Crippen LogP contribution in [0.1, 0.15) is 20.7 Å². The quantitative estimate of drug-likeness (QED) is 0.641. The van der Waals surface area contributed by atoms with Crippen LogP contribution in [-0.4, -0.2) is 35.2 Å². The van der Waals surface area contributed by atoms with E-state index in [4.69, 9.17) is 0 Å². The summed E-state index contributed by atoms with van der Waals surface area (Å²) in [5.41, 5.74) is -0.0926. The van der Waals surface area contributed by atoms with Crippen molar-refractivity contribution in [2.24, 2.45) is 0 Å². The van der Waals surface area contributed by atoms with E-state index in [1.165, 1.54) is 48.5 Å². The monoisotopic (exact) mass is 348 g/mol. The highest BCUT2D eigenvalue weighted by atomic mass is 16.2. The zero-order chi connectivity index (χ0) is 18.6. The van der Waals surface area contributed by atoms with Gasteiger partial charge in [0.2, 0.25) is 0 Å². The molecule has 0 aliphatic carbocycles. The molecule has 0 bridgehead atoms. The molecule has 2 aliphatic heterocycles. The molecular weight excluding hydrogens is 340 g/mol. The summed E-state index contributed by atoms with van der Waals surface area (Å²) in [6, 6.07) is 11.4. The van der Waals surface area contributed by atoms with Gasteiger partial charge in [-0.3, -0.25) is 28.8 Å². The molecule has 4 amide bonds. The number of carbonyl (C=O) groups is 6. The van der Waals surface area contributed by atoms with Gasteiger partial charge in [-0.1, -0.05) is 24.3 Å².